The number of amides is 1. The molecule has 0 saturated heterocycles. The zero-order valence-electron chi connectivity index (χ0n) is 11.7. The summed E-state index contributed by atoms with van der Waals surface area (Å²) >= 11 is 0. The Morgan fingerprint density at radius 3 is 2.19 bits per heavy atom. The average Bonchev–Trinajstić information content (AvgIpc) is 2.43. The highest BCUT2D eigenvalue weighted by Crippen LogP contribution is 2.20. The second kappa shape index (κ2) is 5.66. The number of benzene rings is 2. The lowest BCUT2D eigenvalue weighted by Crippen LogP contribution is -2.13. The third-order valence-corrected chi connectivity index (χ3v) is 3.19. The third kappa shape index (κ3) is 3.20. The molecule has 0 aliphatic rings. The molecular formula is C16H15NO4. The number of phenols is 1. The van der Waals surface area contributed by atoms with Gasteiger partial charge in [-0.15, -0.1) is 0 Å². The van der Waals surface area contributed by atoms with E-state index < -0.39 is 5.97 Å². The lowest BCUT2D eigenvalue weighted by Gasteiger charge is -2.10. The van der Waals surface area contributed by atoms with Crippen molar-refractivity contribution in [2.75, 3.05) is 5.32 Å². The van der Waals surface area contributed by atoms with Gasteiger partial charge in [-0.05, 0) is 55.3 Å². The molecule has 0 bridgehead atoms. The molecule has 0 aliphatic carbocycles. The molecule has 0 heterocycles. The summed E-state index contributed by atoms with van der Waals surface area (Å²) in [5, 5.41) is 21.2. The Labute approximate surface area is 121 Å². The van der Waals surface area contributed by atoms with E-state index in [4.69, 9.17) is 5.11 Å². The normalized spacial score (nSPS) is 10.2. The van der Waals surface area contributed by atoms with Crippen LogP contribution in [0, 0.1) is 13.8 Å². The summed E-state index contributed by atoms with van der Waals surface area (Å²) in [7, 11) is 0. The van der Waals surface area contributed by atoms with E-state index in [0.29, 0.717) is 22.4 Å². The fourth-order valence-corrected chi connectivity index (χ4v) is 1.88. The standard InChI is InChI=1S/C16H15NO4/c1-9-3-4-11(8-14(9)18)15(19)17-13-6-5-12(16(20)21)7-10(13)2/h3-8,18H,1-2H3,(H,17,19)(H,20,21). The Kier molecular flexibility index (Phi) is 3.93. The lowest BCUT2D eigenvalue weighted by atomic mass is 10.1. The Hall–Kier alpha value is -2.82. The van der Waals surface area contributed by atoms with Crippen molar-refractivity contribution in [3.8, 4) is 5.75 Å². The van der Waals surface area contributed by atoms with Crippen molar-refractivity contribution < 1.29 is 19.8 Å². The Morgan fingerprint density at radius 1 is 0.952 bits per heavy atom. The number of carboxylic acid groups (broad SMARTS) is 1. The first-order valence-electron chi connectivity index (χ1n) is 6.33. The molecular weight excluding hydrogens is 270 g/mol. The molecule has 21 heavy (non-hydrogen) atoms. The number of aromatic carboxylic acids is 1. The summed E-state index contributed by atoms with van der Waals surface area (Å²) in [6, 6.07) is 9.13. The molecule has 0 aliphatic heterocycles. The number of hydrogen-bond acceptors (Lipinski definition) is 3. The fraction of sp³-hybridized carbons (Fsp3) is 0.125. The second-order valence-corrected chi connectivity index (χ2v) is 4.79. The van der Waals surface area contributed by atoms with E-state index >= 15 is 0 Å². The number of carbonyl (C=O) groups excluding carboxylic acids is 1. The first-order chi connectivity index (χ1) is 9.88. The van der Waals surface area contributed by atoms with E-state index in [1.54, 1.807) is 32.0 Å². The van der Waals surface area contributed by atoms with Crippen LogP contribution in [0.3, 0.4) is 0 Å². The molecule has 2 aromatic carbocycles. The number of carboxylic acids is 1. The first kappa shape index (κ1) is 14.6. The van der Waals surface area contributed by atoms with Crippen LogP contribution in [0.1, 0.15) is 31.8 Å². The van der Waals surface area contributed by atoms with E-state index in [2.05, 4.69) is 5.32 Å². The maximum absolute atomic E-state index is 12.1. The van der Waals surface area contributed by atoms with Gasteiger partial charge < -0.3 is 15.5 Å². The van der Waals surface area contributed by atoms with Crippen molar-refractivity contribution in [3.05, 3.63) is 58.7 Å². The topological polar surface area (TPSA) is 86.6 Å². The number of anilines is 1. The SMILES string of the molecule is Cc1ccc(C(=O)Nc2ccc(C(=O)O)cc2C)cc1O. The fourth-order valence-electron chi connectivity index (χ4n) is 1.88. The Morgan fingerprint density at radius 2 is 1.62 bits per heavy atom. The molecule has 0 fully saturated rings. The number of aromatic hydroxyl groups is 1. The zero-order chi connectivity index (χ0) is 15.6. The van der Waals surface area contributed by atoms with Gasteiger partial charge >= 0.3 is 5.97 Å². The average molecular weight is 285 g/mol. The van der Waals surface area contributed by atoms with Crippen LogP contribution in [-0.4, -0.2) is 22.1 Å². The summed E-state index contributed by atoms with van der Waals surface area (Å²) in [5.74, 6) is -1.32. The summed E-state index contributed by atoms with van der Waals surface area (Å²) in [4.78, 5) is 23.0. The van der Waals surface area contributed by atoms with E-state index in [9.17, 15) is 14.7 Å². The Bertz CT molecular complexity index is 722. The lowest BCUT2D eigenvalue weighted by molar-refractivity contribution is 0.0696. The van der Waals surface area contributed by atoms with Crippen LogP contribution in [0.25, 0.3) is 0 Å². The minimum Gasteiger partial charge on any atom is -0.508 e. The van der Waals surface area contributed by atoms with Gasteiger partial charge in [-0.2, -0.15) is 0 Å². The second-order valence-electron chi connectivity index (χ2n) is 4.79. The molecule has 0 saturated carbocycles. The van der Waals surface area contributed by atoms with Gasteiger partial charge in [0.15, 0.2) is 0 Å². The van der Waals surface area contributed by atoms with Gasteiger partial charge in [0, 0.05) is 11.3 Å². The number of aryl methyl sites for hydroxylation is 2. The number of phenolic OH excluding ortho intramolecular Hbond substituents is 1. The van der Waals surface area contributed by atoms with Crippen molar-refractivity contribution in [3.63, 3.8) is 0 Å². The molecule has 0 radical (unpaired) electrons. The van der Waals surface area contributed by atoms with Crippen LogP contribution in [0.15, 0.2) is 36.4 Å². The van der Waals surface area contributed by atoms with Crippen LogP contribution < -0.4 is 5.32 Å². The van der Waals surface area contributed by atoms with Gasteiger partial charge in [-0.25, -0.2) is 4.79 Å². The summed E-state index contributed by atoms with van der Waals surface area (Å²) in [6.45, 7) is 3.46. The molecule has 1 amide bonds. The molecule has 108 valence electrons. The minimum atomic E-state index is -1.01. The van der Waals surface area contributed by atoms with Gasteiger partial charge in [0.05, 0.1) is 5.56 Å². The maximum Gasteiger partial charge on any atom is 0.335 e. The molecule has 0 spiro atoms. The van der Waals surface area contributed by atoms with Crippen LogP contribution >= 0.6 is 0 Å². The molecule has 0 atom stereocenters. The van der Waals surface area contributed by atoms with Crippen LogP contribution in [0.2, 0.25) is 0 Å². The summed E-state index contributed by atoms with van der Waals surface area (Å²) < 4.78 is 0. The minimum absolute atomic E-state index is 0.0561. The maximum atomic E-state index is 12.1. The predicted molar refractivity (Wildman–Crippen MR) is 78.9 cm³/mol. The first-order valence-corrected chi connectivity index (χ1v) is 6.33. The summed E-state index contributed by atoms with van der Waals surface area (Å²) in [5.41, 5.74) is 2.37. The molecule has 5 nitrogen and oxygen atoms in total. The molecule has 3 N–H and O–H groups in total. The van der Waals surface area contributed by atoms with Crippen molar-refractivity contribution in [1.29, 1.82) is 0 Å². The predicted octanol–water partition coefficient (Wildman–Crippen LogP) is 2.96. The van der Waals surface area contributed by atoms with E-state index in [0.717, 1.165) is 0 Å². The molecule has 0 aromatic heterocycles. The highest BCUT2D eigenvalue weighted by Gasteiger charge is 2.11. The quantitative estimate of drug-likeness (QED) is 0.809. The molecule has 2 rings (SSSR count). The van der Waals surface area contributed by atoms with Gasteiger partial charge in [0.25, 0.3) is 5.91 Å². The molecule has 5 heteroatoms. The van der Waals surface area contributed by atoms with Crippen LogP contribution in [0.4, 0.5) is 5.69 Å². The van der Waals surface area contributed by atoms with Crippen molar-refractivity contribution in [2.24, 2.45) is 0 Å². The van der Waals surface area contributed by atoms with Crippen LogP contribution in [0.5, 0.6) is 5.75 Å². The van der Waals surface area contributed by atoms with E-state index in [-0.39, 0.29) is 17.2 Å². The van der Waals surface area contributed by atoms with Crippen molar-refractivity contribution in [1.82, 2.24) is 0 Å². The molecule has 2 aromatic rings. The monoisotopic (exact) mass is 285 g/mol. The number of carbonyl (C=O) groups is 2. The smallest absolute Gasteiger partial charge is 0.335 e. The van der Waals surface area contributed by atoms with Gasteiger partial charge in [-0.1, -0.05) is 6.07 Å². The van der Waals surface area contributed by atoms with Gasteiger partial charge in [-0.3, -0.25) is 4.79 Å². The van der Waals surface area contributed by atoms with E-state index in [1.807, 2.05) is 0 Å². The third-order valence-electron chi connectivity index (χ3n) is 3.19. The highest BCUT2D eigenvalue weighted by atomic mass is 16.4. The number of nitrogens with one attached hydrogen (secondary N) is 1. The van der Waals surface area contributed by atoms with Gasteiger partial charge in [0.2, 0.25) is 0 Å². The molecule has 0 unspecified atom stereocenters. The van der Waals surface area contributed by atoms with Gasteiger partial charge in [0.1, 0.15) is 5.75 Å². The number of hydrogen-bond donors (Lipinski definition) is 3. The largest absolute Gasteiger partial charge is 0.508 e. The number of rotatable bonds is 3. The Balaban J connectivity index is 2.23. The highest BCUT2D eigenvalue weighted by molar-refractivity contribution is 6.05. The van der Waals surface area contributed by atoms with Crippen molar-refractivity contribution >= 4 is 17.6 Å². The van der Waals surface area contributed by atoms with Crippen molar-refractivity contribution in [2.45, 2.75) is 13.8 Å². The van der Waals surface area contributed by atoms with E-state index in [1.165, 1.54) is 18.2 Å². The summed E-state index contributed by atoms with van der Waals surface area (Å²) in [6.07, 6.45) is 0. The van der Waals surface area contributed by atoms with Crippen LogP contribution in [-0.2, 0) is 0 Å². The zero-order valence-corrected chi connectivity index (χ0v) is 11.7.